The van der Waals surface area contributed by atoms with Crippen molar-refractivity contribution in [2.24, 2.45) is 0 Å². The van der Waals surface area contributed by atoms with Crippen LogP contribution in [0, 0.1) is 13.8 Å². The van der Waals surface area contributed by atoms with E-state index < -0.39 is 0 Å². The van der Waals surface area contributed by atoms with E-state index in [4.69, 9.17) is 9.47 Å². The van der Waals surface area contributed by atoms with E-state index in [1.54, 1.807) is 38.5 Å². The number of carbonyl (C=O) groups excluding carboxylic acids is 2. The summed E-state index contributed by atoms with van der Waals surface area (Å²) in [6, 6.07) is 11.2. The molecule has 0 saturated carbocycles. The number of aromatic nitrogens is 3. The van der Waals surface area contributed by atoms with Crippen LogP contribution in [0.1, 0.15) is 22.5 Å². The number of anilines is 1. The zero-order valence-electron chi connectivity index (χ0n) is 21.4. The van der Waals surface area contributed by atoms with Crippen LogP contribution in [0.4, 0.5) is 5.69 Å². The van der Waals surface area contributed by atoms with E-state index >= 15 is 0 Å². The second-order valence-electron chi connectivity index (χ2n) is 8.10. The molecule has 2 N–H and O–H groups in total. The van der Waals surface area contributed by atoms with Gasteiger partial charge in [-0.15, -0.1) is 16.8 Å². The molecule has 2 aromatic carbocycles. The maximum absolute atomic E-state index is 12.4. The first-order chi connectivity index (χ1) is 17.8. The molecule has 0 radical (unpaired) electrons. The van der Waals surface area contributed by atoms with Crippen LogP contribution < -0.4 is 20.1 Å². The minimum absolute atomic E-state index is 0.142. The lowest BCUT2D eigenvalue weighted by Gasteiger charge is -2.09. The molecular formula is C27H31N5O4S. The number of allylic oxidation sites excluding steroid dienone is 1. The van der Waals surface area contributed by atoms with Crippen molar-refractivity contribution in [2.45, 2.75) is 32.1 Å². The molecule has 1 heterocycles. The summed E-state index contributed by atoms with van der Waals surface area (Å²) in [4.78, 5) is 24.8. The minimum Gasteiger partial charge on any atom is -0.493 e. The molecule has 2 amide bonds. The number of aryl methyl sites for hydroxylation is 2. The molecule has 3 rings (SSSR count). The van der Waals surface area contributed by atoms with Crippen molar-refractivity contribution in [3.8, 4) is 11.5 Å². The molecule has 37 heavy (non-hydrogen) atoms. The Morgan fingerprint density at radius 1 is 1.05 bits per heavy atom. The summed E-state index contributed by atoms with van der Waals surface area (Å²) in [5, 5.41) is 14.7. The number of amides is 2. The number of nitrogens with zero attached hydrogens (tertiary/aromatic N) is 3. The predicted octanol–water partition coefficient (Wildman–Crippen LogP) is 4.16. The van der Waals surface area contributed by atoms with Gasteiger partial charge in [-0.05, 0) is 60.9 Å². The zero-order valence-corrected chi connectivity index (χ0v) is 22.2. The summed E-state index contributed by atoms with van der Waals surface area (Å²) >= 11 is 1.27. The summed E-state index contributed by atoms with van der Waals surface area (Å²) in [6.07, 6.45) is 4.83. The zero-order chi connectivity index (χ0) is 26.8. The fourth-order valence-corrected chi connectivity index (χ4v) is 4.14. The Hall–Kier alpha value is -4.05. The molecule has 0 aliphatic rings. The number of ether oxygens (including phenoxy) is 2. The number of hydrogen-bond acceptors (Lipinski definition) is 7. The van der Waals surface area contributed by atoms with Crippen LogP contribution in [0.5, 0.6) is 11.5 Å². The molecule has 0 bridgehead atoms. The van der Waals surface area contributed by atoms with E-state index in [1.807, 2.05) is 42.7 Å². The summed E-state index contributed by atoms with van der Waals surface area (Å²) in [5.74, 6) is 1.49. The van der Waals surface area contributed by atoms with Gasteiger partial charge in [0.2, 0.25) is 11.8 Å². The molecule has 1 aromatic heterocycles. The molecule has 0 saturated heterocycles. The molecule has 9 nitrogen and oxygen atoms in total. The van der Waals surface area contributed by atoms with E-state index in [0.29, 0.717) is 29.0 Å². The van der Waals surface area contributed by atoms with Crippen LogP contribution in [0.3, 0.4) is 0 Å². The van der Waals surface area contributed by atoms with Gasteiger partial charge in [-0.2, -0.15) is 0 Å². The molecule has 3 aromatic rings. The highest BCUT2D eigenvalue weighted by Gasteiger charge is 2.14. The van der Waals surface area contributed by atoms with Gasteiger partial charge in [0.1, 0.15) is 0 Å². The SMILES string of the molecule is C=CCn1c(CNC(=O)/C=C/c2ccc(OC)c(OC)c2)nnc1SCC(=O)Nc1ccc(C)c(C)c1. The van der Waals surface area contributed by atoms with Gasteiger partial charge in [0.15, 0.2) is 22.5 Å². The van der Waals surface area contributed by atoms with Crippen molar-refractivity contribution in [1.82, 2.24) is 20.1 Å². The Kier molecular flexibility index (Phi) is 9.91. The number of thioether (sulfide) groups is 1. The first-order valence-electron chi connectivity index (χ1n) is 11.6. The second-order valence-corrected chi connectivity index (χ2v) is 9.04. The second kappa shape index (κ2) is 13.3. The fraction of sp³-hybridized carbons (Fsp3) is 0.259. The van der Waals surface area contributed by atoms with Crippen LogP contribution in [0.2, 0.25) is 0 Å². The third-order valence-corrected chi connectivity index (χ3v) is 6.45. The van der Waals surface area contributed by atoms with E-state index in [0.717, 1.165) is 16.8 Å². The topological polar surface area (TPSA) is 107 Å². The number of nitrogens with one attached hydrogen (secondary N) is 2. The van der Waals surface area contributed by atoms with Gasteiger partial charge in [-0.25, -0.2) is 0 Å². The van der Waals surface area contributed by atoms with Gasteiger partial charge in [-0.3, -0.25) is 9.59 Å². The van der Waals surface area contributed by atoms with E-state index in [9.17, 15) is 9.59 Å². The van der Waals surface area contributed by atoms with Gasteiger partial charge < -0.3 is 24.7 Å². The lowest BCUT2D eigenvalue weighted by Crippen LogP contribution is -2.23. The van der Waals surface area contributed by atoms with E-state index in [1.165, 1.54) is 23.4 Å². The quantitative estimate of drug-likeness (QED) is 0.209. The molecule has 0 aliphatic carbocycles. The van der Waals surface area contributed by atoms with Crippen LogP contribution >= 0.6 is 11.8 Å². The largest absolute Gasteiger partial charge is 0.493 e. The summed E-state index contributed by atoms with van der Waals surface area (Å²) in [6.45, 7) is 8.43. The average molecular weight is 522 g/mol. The third kappa shape index (κ3) is 7.71. The first-order valence-corrected chi connectivity index (χ1v) is 12.5. The third-order valence-electron chi connectivity index (χ3n) is 5.48. The van der Waals surface area contributed by atoms with Crippen LogP contribution in [0.15, 0.2) is 60.3 Å². The van der Waals surface area contributed by atoms with Gasteiger partial charge in [0.25, 0.3) is 0 Å². The minimum atomic E-state index is -0.287. The van der Waals surface area contributed by atoms with Crippen LogP contribution in [-0.4, -0.2) is 46.6 Å². The van der Waals surface area contributed by atoms with Crippen molar-refractivity contribution in [1.29, 1.82) is 0 Å². The molecule has 10 heteroatoms. The van der Waals surface area contributed by atoms with Crippen molar-refractivity contribution in [2.75, 3.05) is 25.3 Å². The van der Waals surface area contributed by atoms with Crippen molar-refractivity contribution < 1.29 is 19.1 Å². The first kappa shape index (κ1) is 27.5. The van der Waals surface area contributed by atoms with Crippen LogP contribution in [0.25, 0.3) is 6.08 Å². The summed E-state index contributed by atoms with van der Waals surface area (Å²) in [5.41, 5.74) is 3.83. The maximum atomic E-state index is 12.4. The van der Waals surface area contributed by atoms with Crippen molar-refractivity contribution >= 4 is 35.3 Å². The molecular weight excluding hydrogens is 490 g/mol. The normalized spacial score (nSPS) is 10.8. The predicted molar refractivity (Wildman–Crippen MR) is 146 cm³/mol. The highest BCUT2D eigenvalue weighted by Crippen LogP contribution is 2.28. The highest BCUT2D eigenvalue weighted by atomic mass is 32.2. The van der Waals surface area contributed by atoms with Crippen LogP contribution in [-0.2, 0) is 22.7 Å². The number of benzene rings is 2. The van der Waals surface area contributed by atoms with Gasteiger partial charge in [-0.1, -0.05) is 30.0 Å². The Morgan fingerprint density at radius 2 is 1.84 bits per heavy atom. The summed E-state index contributed by atoms with van der Waals surface area (Å²) in [7, 11) is 3.12. The molecule has 194 valence electrons. The number of hydrogen-bond donors (Lipinski definition) is 2. The average Bonchev–Trinajstić information content (AvgIpc) is 3.28. The molecule has 0 spiro atoms. The van der Waals surface area contributed by atoms with E-state index in [-0.39, 0.29) is 24.1 Å². The Bertz CT molecular complexity index is 1300. The van der Waals surface area contributed by atoms with Gasteiger partial charge in [0.05, 0.1) is 26.5 Å². The standard InChI is InChI=1S/C27H31N5O4S/c1-6-13-32-24(16-28-25(33)12-9-20-8-11-22(35-4)23(15-20)36-5)30-31-27(32)37-17-26(34)29-21-10-7-18(2)19(3)14-21/h6-12,14-15H,1,13,16-17H2,2-5H3,(H,28,33)(H,29,34)/b12-9+. The number of carbonyl (C=O) groups is 2. The summed E-state index contributed by atoms with van der Waals surface area (Å²) < 4.78 is 12.3. The highest BCUT2D eigenvalue weighted by molar-refractivity contribution is 7.99. The Balaban J connectivity index is 1.57. The smallest absolute Gasteiger partial charge is 0.244 e. The lowest BCUT2D eigenvalue weighted by atomic mass is 10.1. The molecule has 0 unspecified atom stereocenters. The molecule has 0 fully saturated rings. The van der Waals surface area contributed by atoms with Crippen molar-refractivity contribution in [3.05, 3.63) is 77.6 Å². The van der Waals surface area contributed by atoms with E-state index in [2.05, 4.69) is 27.4 Å². The molecule has 0 atom stereocenters. The lowest BCUT2D eigenvalue weighted by molar-refractivity contribution is -0.116. The van der Waals surface area contributed by atoms with Crippen molar-refractivity contribution in [3.63, 3.8) is 0 Å². The number of rotatable bonds is 12. The monoisotopic (exact) mass is 521 g/mol. The Labute approximate surface area is 221 Å². The fourth-order valence-electron chi connectivity index (χ4n) is 3.37. The molecule has 0 aliphatic heterocycles. The van der Waals surface area contributed by atoms with Gasteiger partial charge >= 0.3 is 0 Å². The Morgan fingerprint density at radius 3 is 2.54 bits per heavy atom. The van der Waals surface area contributed by atoms with Gasteiger partial charge in [0, 0.05) is 18.3 Å². The maximum Gasteiger partial charge on any atom is 0.244 e. The number of methoxy groups -OCH3 is 2.